The number of amides is 1. The van der Waals surface area contributed by atoms with Gasteiger partial charge in [-0.05, 0) is 19.8 Å². The van der Waals surface area contributed by atoms with Crippen LogP contribution in [-0.4, -0.2) is 28.9 Å². The topological polar surface area (TPSA) is 59.2 Å². The second-order valence-electron chi connectivity index (χ2n) is 4.89. The number of thiazole rings is 1. The molecule has 0 saturated carbocycles. The first-order valence-electron chi connectivity index (χ1n) is 7.03. The number of rotatable bonds is 7. The van der Waals surface area contributed by atoms with Gasteiger partial charge in [-0.3, -0.25) is 4.79 Å². The monoisotopic (exact) mass is 283 g/mol. The van der Waals surface area contributed by atoms with Crippen LogP contribution in [0.1, 0.15) is 62.1 Å². The minimum atomic E-state index is -0.111. The van der Waals surface area contributed by atoms with E-state index in [9.17, 15) is 4.79 Å². The third kappa shape index (κ3) is 4.28. The zero-order chi connectivity index (χ0) is 14.4. The molecule has 1 atom stereocenters. The van der Waals surface area contributed by atoms with Gasteiger partial charge in [0.2, 0.25) is 0 Å². The average Bonchev–Trinajstić information content (AvgIpc) is 2.89. The van der Waals surface area contributed by atoms with Crippen molar-refractivity contribution in [3.63, 3.8) is 0 Å². The molecule has 0 saturated heterocycles. The molecule has 0 aliphatic rings. The fourth-order valence-electron chi connectivity index (χ4n) is 1.97. The van der Waals surface area contributed by atoms with E-state index in [1.54, 1.807) is 0 Å². The zero-order valence-corrected chi connectivity index (χ0v) is 13.2. The molecule has 2 N–H and O–H groups in total. The quantitative estimate of drug-likeness (QED) is 0.836. The Morgan fingerprint density at radius 2 is 2.05 bits per heavy atom. The van der Waals surface area contributed by atoms with Crippen molar-refractivity contribution in [2.24, 2.45) is 11.7 Å². The summed E-state index contributed by atoms with van der Waals surface area (Å²) in [6.07, 6.45) is 2.20. The lowest BCUT2D eigenvalue weighted by Crippen LogP contribution is -2.35. The maximum Gasteiger partial charge on any atom is 0.273 e. The summed E-state index contributed by atoms with van der Waals surface area (Å²) in [5.41, 5.74) is 6.32. The maximum absolute atomic E-state index is 12.4. The van der Waals surface area contributed by atoms with E-state index in [4.69, 9.17) is 5.73 Å². The van der Waals surface area contributed by atoms with E-state index in [2.05, 4.69) is 18.8 Å². The van der Waals surface area contributed by atoms with Gasteiger partial charge in [0, 0.05) is 18.5 Å². The summed E-state index contributed by atoms with van der Waals surface area (Å²) in [7, 11) is 0. The lowest BCUT2D eigenvalue weighted by atomic mass is 10.0. The van der Waals surface area contributed by atoms with E-state index in [1.165, 1.54) is 11.3 Å². The first-order chi connectivity index (χ1) is 9.03. The van der Waals surface area contributed by atoms with Crippen molar-refractivity contribution in [2.45, 2.75) is 46.6 Å². The Hall–Kier alpha value is -0.940. The van der Waals surface area contributed by atoms with E-state index >= 15 is 0 Å². The molecule has 108 valence electrons. The number of nitrogens with two attached hydrogens (primary N) is 1. The van der Waals surface area contributed by atoms with Crippen LogP contribution in [0.3, 0.4) is 0 Å². The second kappa shape index (κ2) is 7.60. The van der Waals surface area contributed by atoms with Gasteiger partial charge in [0.1, 0.15) is 10.7 Å². The van der Waals surface area contributed by atoms with Crippen molar-refractivity contribution >= 4 is 17.2 Å². The molecule has 0 spiro atoms. The molecule has 5 heteroatoms. The van der Waals surface area contributed by atoms with Gasteiger partial charge in [-0.25, -0.2) is 4.98 Å². The summed E-state index contributed by atoms with van der Waals surface area (Å²) in [5.74, 6) is 0.591. The average molecular weight is 283 g/mol. The summed E-state index contributed by atoms with van der Waals surface area (Å²) in [6.45, 7) is 9.77. The van der Waals surface area contributed by atoms with Gasteiger partial charge in [-0.2, -0.15) is 0 Å². The summed E-state index contributed by atoms with van der Waals surface area (Å²) < 4.78 is 0. The fourth-order valence-corrected chi connectivity index (χ4v) is 2.72. The molecule has 1 rings (SSSR count). The predicted octanol–water partition coefficient (Wildman–Crippen LogP) is 3.06. The van der Waals surface area contributed by atoms with Gasteiger partial charge in [0.25, 0.3) is 5.91 Å². The Bertz CT molecular complexity index is 399. The predicted molar refractivity (Wildman–Crippen MR) is 80.4 cm³/mol. The Morgan fingerprint density at radius 3 is 2.47 bits per heavy atom. The zero-order valence-electron chi connectivity index (χ0n) is 12.3. The van der Waals surface area contributed by atoms with Gasteiger partial charge in [0.05, 0.1) is 6.04 Å². The molecule has 1 amide bonds. The van der Waals surface area contributed by atoms with Crippen LogP contribution in [-0.2, 0) is 0 Å². The molecule has 0 aromatic carbocycles. The molecule has 1 aromatic rings. The highest BCUT2D eigenvalue weighted by atomic mass is 32.1. The van der Waals surface area contributed by atoms with Crippen molar-refractivity contribution in [1.29, 1.82) is 0 Å². The van der Waals surface area contributed by atoms with E-state index in [0.717, 1.165) is 30.9 Å². The first kappa shape index (κ1) is 16.1. The summed E-state index contributed by atoms with van der Waals surface area (Å²) >= 11 is 1.46. The van der Waals surface area contributed by atoms with Crippen LogP contribution in [0, 0.1) is 5.92 Å². The van der Waals surface area contributed by atoms with E-state index in [1.807, 2.05) is 24.1 Å². The minimum absolute atomic E-state index is 0.0255. The highest BCUT2D eigenvalue weighted by molar-refractivity contribution is 7.09. The molecule has 1 unspecified atom stereocenters. The van der Waals surface area contributed by atoms with Crippen molar-refractivity contribution in [2.75, 3.05) is 13.1 Å². The minimum Gasteiger partial charge on any atom is -0.337 e. The van der Waals surface area contributed by atoms with Crippen LogP contribution in [0.2, 0.25) is 0 Å². The Labute approximate surface area is 120 Å². The molecule has 4 nitrogen and oxygen atoms in total. The number of aromatic nitrogens is 1. The van der Waals surface area contributed by atoms with E-state index < -0.39 is 0 Å². The van der Waals surface area contributed by atoms with Crippen LogP contribution < -0.4 is 5.73 Å². The number of hydrogen-bond donors (Lipinski definition) is 1. The summed E-state index contributed by atoms with van der Waals surface area (Å²) in [5, 5.41) is 2.64. The van der Waals surface area contributed by atoms with Crippen LogP contribution in [0.25, 0.3) is 0 Å². The molecule has 0 fully saturated rings. The van der Waals surface area contributed by atoms with Crippen LogP contribution in [0.5, 0.6) is 0 Å². The molecule has 1 heterocycles. The first-order valence-corrected chi connectivity index (χ1v) is 7.91. The summed E-state index contributed by atoms with van der Waals surface area (Å²) in [4.78, 5) is 18.6. The maximum atomic E-state index is 12.4. The van der Waals surface area contributed by atoms with Gasteiger partial charge in [-0.15, -0.1) is 11.3 Å². The molecule has 0 aliphatic heterocycles. The van der Waals surface area contributed by atoms with Crippen LogP contribution >= 0.6 is 11.3 Å². The molecule has 0 bridgehead atoms. The number of hydrogen-bond acceptors (Lipinski definition) is 4. The molecular formula is C14H25N3OS. The van der Waals surface area contributed by atoms with Crippen molar-refractivity contribution in [3.8, 4) is 0 Å². The molecule has 0 radical (unpaired) electrons. The van der Waals surface area contributed by atoms with E-state index in [0.29, 0.717) is 11.6 Å². The van der Waals surface area contributed by atoms with Gasteiger partial charge in [0.15, 0.2) is 0 Å². The molecule has 1 aromatic heterocycles. The van der Waals surface area contributed by atoms with Crippen molar-refractivity contribution in [3.05, 3.63) is 16.1 Å². The number of nitrogens with zero attached hydrogens (tertiary/aromatic N) is 2. The summed E-state index contributed by atoms with van der Waals surface area (Å²) in [6, 6.07) is -0.111. The fraction of sp³-hybridized carbons (Fsp3) is 0.714. The lowest BCUT2D eigenvalue weighted by Gasteiger charge is -2.24. The normalized spacial score (nSPS) is 12.7. The number of carbonyl (C=O) groups is 1. The SMILES string of the molecule is CCC(CC)CN(CC)C(=O)c1csc(C(C)N)n1. The lowest BCUT2D eigenvalue weighted by molar-refractivity contribution is 0.0729. The van der Waals surface area contributed by atoms with E-state index in [-0.39, 0.29) is 11.9 Å². The third-order valence-corrected chi connectivity index (χ3v) is 4.48. The Morgan fingerprint density at radius 1 is 1.42 bits per heavy atom. The molecule has 19 heavy (non-hydrogen) atoms. The van der Waals surface area contributed by atoms with Crippen molar-refractivity contribution < 1.29 is 4.79 Å². The molecular weight excluding hydrogens is 258 g/mol. The molecule has 0 aliphatic carbocycles. The van der Waals surface area contributed by atoms with Gasteiger partial charge < -0.3 is 10.6 Å². The standard InChI is InChI=1S/C14H25N3OS/c1-5-11(6-2)8-17(7-3)14(18)12-9-19-13(16-12)10(4)15/h9-11H,5-8,15H2,1-4H3. The van der Waals surface area contributed by atoms with Crippen LogP contribution in [0.4, 0.5) is 0 Å². The van der Waals surface area contributed by atoms with Gasteiger partial charge in [-0.1, -0.05) is 26.7 Å². The Kier molecular flexibility index (Phi) is 6.45. The Balaban J connectivity index is 2.77. The second-order valence-corrected chi connectivity index (χ2v) is 5.78. The smallest absolute Gasteiger partial charge is 0.273 e. The van der Waals surface area contributed by atoms with Crippen molar-refractivity contribution in [1.82, 2.24) is 9.88 Å². The highest BCUT2D eigenvalue weighted by Gasteiger charge is 2.20. The van der Waals surface area contributed by atoms with Gasteiger partial charge >= 0.3 is 0 Å². The van der Waals surface area contributed by atoms with Crippen LogP contribution in [0.15, 0.2) is 5.38 Å². The largest absolute Gasteiger partial charge is 0.337 e. The third-order valence-electron chi connectivity index (χ3n) is 3.43. The highest BCUT2D eigenvalue weighted by Crippen LogP contribution is 2.18. The number of carbonyl (C=O) groups excluding carboxylic acids is 1.